The van der Waals surface area contributed by atoms with E-state index in [1.54, 1.807) is 0 Å². The van der Waals surface area contributed by atoms with Gasteiger partial charge in [-0.25, -0.2) is 0 Å². The molecular weight excluding hydrogens is 280 g/mol. The molecule has 0 atom stereocenters. The Bertz CT molecular complexity index is 729. The maximum Gasteiger partial charge on any atom is 0.311 e. The van der Waals surface area contributed by atoms with Gasteiger partial charge in [0, 0.05) is 23.0 Å². The lowest BCUT2D eigenvalue weighted by Gasteiger charge is -2.08. The van der Waals surface area contributed by atoms with Gasteiger partial charge in [0.05, 0.1) is 7.11 Å². The highest BCUT2D eigenvalue weighted by molar-refractivity contribution is 5.49. The number of diazo groups is 1. The molecule has 0 saturated heterocycles. The molecule has 2 aromatic rings. The van der Waals surface area contributed by atoms with Crippen molar-refractivity contribution in [3.05, 3.63) is 63.1 Å². The van der Waals surface area contributed by atoms with Gasteiger partial charge in [-0.15, -0.1) is 0 Å². The predicted molar refractivity (Wildman–Crippen MR) is 85.4 cm³/mol. The molecule has 6 heteroatoms. The third-order valence-electron chi connectivity index (χ3n) is 3.44. The van der Waals surface area contributed by atoms with E-state index in [1.807, 2.05) is 24.3 Å². The van der Waals surface area contributed by atoms with Gasteiger partial charge in [0.1, 0.15) is 12.2 Å². The van der Waals surface area contributed by atoms with Crippen molar-refractivity contribution in [2.45, 2.75) is 26.3 Å². The summed E-state index contributed by atoms with van der Waals surface area (Å²) < 4.78 is 4.92. The quantitative estimate of drug-likeness (QED) is 0.679. The first-order chi connectivity index (χ1) is 10.5. The molecule has 0 aliphatic heterocycles. The summed E-state index contributed by atoms with van der Waals surface area (Å²) in [5.74, 6) is 0.684. The molecule has 0 aliphatic rings. The van der Waals surface area contributed by atoms with Gasteiger partial charge < -0.3 is 9.72 Å². The predicted octanol–water partition coefficient (Wildman–Crippen LogP) is 3.28. The Morgan fingerprint density at radius 2 is 2.00 bits per heavy atom. The Morgan fingerprint density at radius 3 is 2.50 bits per heavy atom. The van der Waals surface area contributed by atoms with E-state index in [0.29, 0.717) is 11.6 Å². The molecule has 0 spiro atoms. The molecule has 0 radical (unpaired) electrons. The summed E-state index contributed by atoms with van der Waals surface area (Å²) in [5.41, 5.74) is 2.35. The summed E-state index contributed by atoms with van der Waals surface area (Å²) >= 11 is 0. The summed E-state index contributed by atoms with van der Waals surface area (Å²) in [6.07, 6.45) is 1.50. The van der Waals surface area contributed by atoms with E-state index in [1.165, 1.54) is 29.9 Å². The molecule has 22 heavy (non-hydrogen) atoms. The van der Waals surface area contributed by atoms with Crippen molar-refractivity contribution in [2.75, 3.05) is 12.1 Å². The molecule has 0 aliphatic carbocycles. The van der Waals surface area contributed by atoms with Gasteiger partial charge in [-0.2, -0.15) is 0 Å². The first kappa shape index (κ1) is 15.6. The molecule has 2 rings (SSSR count). The first-order valence-electron chi connectivity index (χ1n) is 7.03. The van der Waals surface area contributed by atoms with E-state index in [-0.39, 0.29) is 17.7 Å². The van der Waals surface area contributed by atoms with Gasteiger partial charge in [0.15, 0.2) is 5.75 Å². The number of benzene rings is 1. The number of rotatable bonds is 5. The molecule has 1 aromatic carbocycles. The van der Waals surface area contributed by atoms with Crippen molar-refractivity contribution in [2.24, 2.45) is 0 Å². The van der Waals surface area contributed by atoms with Gasteiger partial charge in [0.2, 0.25) is 5.43 Å². The van der Waals surface area contributed by atoms with Gasteiger partial charge in [-0.1, -0.05) is 26.0 Å². The number of nitrogens with one attached hydrogen (secondary N) is 1. The van der Waals surface area contributed by atoms with Crippen LogP contribution in [-0.4, -0.2) is 12.1 Å². The van der Waals surface area contributed by atoms with Crippen molar-refractivity contribution in [1.29, 1.82) is 5.39 Å². The fourth-order valence-corrected chi connectivity index (χ4v) is 2.12. The second kappa shape index (κ2) is 6.76. The lowest BCUT2D eigenvalue weighted by molar-refractivity contribution is 0.408. The minimum Gasteiger partial charge on any atom is -0.491 e. The van der Waals surface area contributed by atoms with Crippen LogP contribution in [0.25, 0.3) is 5.08 Å². The molecular formula is C16H19N4O2+. The average Bonchev–Trinajstić information content (AvgIpc) is 2.53. The van der Waals surface area contributed by atoms with Crippen molar-refractivity contribution in [3.8, 4) is 5.75 Å². The van der Waals surface area contributed by atoms with Crippen LogP contribution in [0.3, 0.4) is 0 Å². The van der Waals surface area contributed by atoms with Gasteiger partial charge in [-0.05, 0) is 23.6 Å². The monoisotopic (exact) mass is 299 g/mol. The van der Waals surface area contributed by atoms with Crippen molar-refractivity contribution in [1.82, 2.24) is 4.98 Å². The van der Waals surface area contributed by atoms with Crippen LogP contribution < -0.4 is 15.2 Å². The second-order valence-corrected chi connectivity index (χ2v) is 5.28. The van der Waals surface area contributed by atoms with E-state index < -0.39 is 0 Å². The lowest BCUT2D eigenvalue weighted by Crippen LogP contribution is -2.16. The standard InChI is InChI=1S/C16H18N4O2/c1-11(2)12-4-6-14(7-5-12)20(19-17)10-13-8-15(21)16(22-3)9-18-13/h4-9,11H,10H2,1-3H3/p+1. The van der Waals surface area contributed by atoms with E-state index in [9.17, 15) is 10.2 Å². The van der Waals surface area contributed by atoms with Crippen LogP contribution in [0.1, 0.15) is 31.0 Å². The van der Waals surface area contributed by atoms with Crippen LogP contribution >= 0.6 is 0 Å². The summed E-state index contributed by atoms with van der Waals surface area (Å²) in [5, 5.41) is 13.9. The summed E-state index contributed by atoms with van der Waals surface area (Å²) in [6.45, 7) is 4.48. The number of methoxy groups -OCH3 is 1. The molecule has 1 aromatic heterocycles. The van der Waals surface area contributed by atoms with Crippen LogP contribution in [0.4, 0.5) is 5.69 Å². The number of H-pyrrole nitrogens is 1. The normalized spacial score (nSPS) is 10.3. The minimum atomic E-state index is -0.218. The largest absolute Gasteiger partial charge is 0.491 e. The van der Waals surface area contributed by atoms with Crippen molar-refractivity contribution < 1.29 is 4.74 Å². The Hall–Kier alpha value is -2.81. The number of hydrogen-bond acceptors (Lipinski definition) is 4. The van der Waals surface area contributed by atoms with Gasteiger partial charge in [0.25, 0.3) is 5.39 Å². The maximum absolute atomic E-state index is 11.7. The maximum atomic E-state index is 11.7. The van der Waals surface area contributed by atoms with Crippen LogP contribution in [0, 0.1) is 5.39 Å². The Balaban J connectivity index is 2.20. The SMILES string of the molecule is COc1c[nH]c(CN([N+]#N)c2ccc(C(C)C)cc2)cc1=O. The van der Waals surface area contributed by atoms with Crippen LogP contribution in [-0.2, 0) is 6.54 Å². The van der Waals surface area contributed by atoms with E-state index >= 15 is 0 Å². The number of pyridine rings is 1. The molecule has 1 heterocycles. The van der Waals surface area contributed by atoms with Crippen LogP contribution in [0.2, 0.25) is 0 Å². The molecule has 1 N–H and O–H groups in total. The summed E-state index contributed by atoms with van der Waals surface area (Å²) in [4.78, 5) is 14.7. The van der Waals surface area contributed by atoms with E-state index in [4.69, 9.17) is 4.74 Å². The topological polar surface area (TPSA) is 73.5 Å². The Morgan fingerprint density at radius 1 is 1.32 bits per heavy atom. The fraction of sp³-hybridized carbons (Fsp3) is 0.312. The van der Waals surface area contributed by atoms with Gasteiger partial charge in [-0.3, -0.25) is 4.79 Å². The number of anilines is 1. The second-order valence-electron chi connectivity index (χ2n) is 5.28. The Labute approximate surface area is 128 Å². The summed E-state index contributed by atoms with van der Waals surface area (Å²) in [7, 11) is 1.44. The van der Waals surface area contributed by atoms with E-state index in [2.05, 4.69) is 23.9 Å². The van der Waals surface area contributed by atoms with Gasteiger partial charge >= 0.3 is 5.08 Å². The zero-order chi connectivity index (χ0) is 16.1. The van der Waals surface area contributed by atoms with Crippen molar-refractivity contribution in [3.63, 3.8) is 0 Å². The first-order valence-corrected chi connectivity index (χ1v) is 7.03. The highest BCUT2D eigenvalue weighted by Gasteiger charge is 2.18. The average molecular weight is 299 g/mol. The van der Waals surface area contributed by atoms with Crippen LogP contribution in [0.5, 0.6) is 5.75 Å². The third-order valence-corrected chi connectivity index (χ3v) is 3.44. The third kappa shape index (κ3) is 3.44. The highest BCUT2D eigenvalue weighted by Crippen LogP contribution is 2.21. The zero-order valence-corrected chi connectivity index (χ0v) is 12.9. The number of nitrogens with zero attached hydrogens (tertiary/aromatic N) is 3. The highest BCUT2D eigenvalue weighted by atomic mass is 16.5. The minimum absolute atomic E-state index is 0.218. The molecule has 0 fully saturated rings. The van der Waals surface area contributed by atoms with Crippen LogP contribution in [0.15, 0.2) is 41.3 Å². The molecule has 0 saturated carbocycles. The number of ether oxygens (including phenoxy) is 1. The van der Waals surface area contributed by atoms with E-state index in [0.717, 1.165) is 5.69 Å². The molecule has 6 nitrogen and oxygen atoms in total. The van der Waals surface area contributed by atoms with Crippen molar-refractivity contribution >= 4 is 5.69 Å². The fourth-order valence-electron chi connectivity index (χ4n) is 2.12. The molecule has 114 valence electrons. The summed E-state index contributed by atoms with van der Waals surface area (Å²) in [6, 6.07) is 9.19. The lowest BCUT2D eigenvalue weighted by atomic mass is 10.0. The molecule has 0 bridgehead atoms. The molecule has 0 amide bonds. The number of hydrogen-bond donors (Lipinski definition) is 1. The number of aromatic amines is 1. The molecule has 0 unspecified atom stereocenters. The Kier molecular flexibility index (Phi) is 4.79. The smallest absolute Gasteiger partial charge is 0.311 e. The zero-order valence-electron chi connectivity index (χ0n) is 12.9. The number of aromatic nitrogens is 1.